The van der Waals surface area contributed by atoms with E-state index in [9.17, 15) is 18.0 Å². The van der Waals surface area contributed by atoms with Gasteiger partial charge in [-0.1, -0.05) is 43.6 Å². The lowest BCUT2D eigenvalue weighted by atomic mass is 9.78. The number of ether oxygens (including phenoxy) is 2. The Morgan fingerprint density at radius 1 is 1.17 bits per heavy atom. The molecule has 0 radical (unpaired) electrons. The molecule has 2 aromatic carbocycles. The molecule has 0 aliphatic carbocycles. The molecule has 1 amide bonds. The van der Waals surface area contributed by atoms with Crippen LogP contribution in [0.2, 0.25) is 5.02 Å². The van der Waals surface area contributed by atoms with E-state index in [0.717, 1.165) is 50.2 Å². The molecule has 3 fully saturated rings. The van der Waals surface area contributed by atoms with Gasteiger partial charge >= 0.3 is 12.3 Å². The minimum atomic E-state index is -4.46. The number of nitrogens with zero attached hydrogens (tertiary/aromatic N) is 1. The SMILES string of the molecule is CC1(C)COc2cc(-c3ccc(C(F)(F)F)cc3Cl)ccc2C1NC(=O)O[C@@H]1CN2CCC1CC2. The van der Waals surface area contributed by atoms with Crippen LogP contribution in [0.15, 0.2) is 36.4 Å². The zero-order chi connectivity index (χ0) is 25.0. The summed E-state index contributed by atoms with van der Waals surface area (Å²) in [4.78, 5) is 15.2. The molecule has 0 saturated carbocycles. The van der Waals surface area contributed by atoms with Crippen molar-refractivity contribution < 1.29 is 27.4 Å². The van der Waals surface area contributed by atoms with Gasteiger partial charge in [-0.05, 0) is 55.6 Å². The molecule has 4 aliphatic rings. The zero-order valence-electron chi connectivity index (χ0n) is 19.6. The normalized spacial score (nSPS) is 27.0. The van der Waals surface area contributed by atoms with E-state index in [1.807, 2.05) is 19.9 Å². The number of piperidine rings is 3. The first-order valence-electron chi connectivity index (χ1n) is 11.8. The smallest absolute Gasteiger partial charge is 0.416 e. The van der Waals surface area contributed by atoms with Crippen LogP contribution in [0.25, 0.3) is 11.1 Å². The Labute approximate surface area is 207 Å². The Kier molecular flexibility index (Phi) is 6.16. The van der Waals surface area contributed by atoms with Crippen LogP contribution in [-0.2, 0) is 10.9 Å². The molecule has 1 N–H and O–H groups in total. The number of nitrogens with one attached hydrogen (secondary N) is 1. The van der Waals surface area contributed by atoms with Crippen molar-refractivity contribution in [2.24, 2.45) is 11.3 Å². The molecule has 35 heavy (non-hydrogen) atoms. The van der Waals surface area contributed by atoms with Crippen molar-refractivity contribution >= 4 is 17.7 Å². The minimum Gasteiger partial charge on any atom is -0.493 e. The van der Waals surface area contributed by atoms with Gasteiger partial charge in [0.1, 0.15) is 11.9 Å². The topological polar surface area (TPSA) is 50.8 Å². The van der Waals surface area contributed by atoms with E-state index in [0.29, 0.717) is 29.4 Å². The number of alkyl carbamates (subject to hydrolysis) is 1. The van der Waals surface area contributed by atoms with Crippen molar-refractivity contribution in [3.63, 3.8) is 0 Å². The molecule has 2 bridgehead atoms. The lowest BCUT2D eigenvalue weighted by molar-refractivity contribution is -0.137. The largest absolute Gasteiger partial charge is 0.493 e. The van der Waals surface area contributed by atoms with Crippen LogP contribution in [0.5, 0.6) is 5.75 Å². The Bertz CT molecular complexity index is 1130. The van der Waals surface area contributed by atoms with Crippen LogP contribution in [0.1, 0.15) is 43.9 Å². The van der Waals surface area contributed by atoms with Crippen molar-refractivity contribution in [3.05, 3.63) is 52.5 Å². The van der Waals surface area contributed by atoms with Gasteiger partial charge in [-0.2, -0.15) is 13.2 Å². The van der Waals surface area contributed by atoms with Gasteiger partial charge in [0.05, 0.1) is 18.2 Å². The number of halogens is 4. The summed E-state index contributed by atoms with van der Waals surface area (Å²) in [7, 11) is 0. The molecule has 9 heteroatoms. The van der Waals surface area contributed by atoms with Crippen LogP contribution in [0.4, 0.5) is 18.0 Å². The van der Waals surface area contributed by atoms with Crippen molar-refractivity contribution in [3.8, 4) is 16.9 Å². The maximum absolute atomic E-state index is 13.0. The molecule has 6 rings (SSSR count). The van der Waals surface area contributed by atoms with Crippen molar-refractivity contribution in [2.75, 3.05) is 26.2 Å². The van der Waals surface area contributed by atoms with Gasteiger partial charge in [-0.3, -0.25) is 4.90 Å². The summed E-state index contributed by atoms with van der Waals surface area (Å²) in [6.45, 7) is 7.29. The van der Waals surface area contributed by atoms with Crippen molar-refractivity contribution in [2.45, 2.75) is 45.0 Å². The number of benzene rings is 2. The molecular weight excluding hydrogens is 481 g/mol. The third-order valence-electron chi connectivity index (χ3n) is 7.43. The van der Waals surface area contributed by atoms with Crippen molar-refractivity contribution in [1.82, 2.24) is 10.2 Å². The lowest BCUT2D eigenvalue weighted by Crippen LogP contribution is -2.53. The highest BCUT2D eigenvalue weighted by atomic mass is 35.5. The number of rotatable bonds is 3. The number of amides is 1. The standard InChI is InChI=1S/C26H28ClF3N2O3/c1-25(2)14-34-21-11-16(18-6-4-17(12-20(18)27)26(28,29)30)3-5-19(21)23(25)31-24(33)35-22-13-32-9-7-15(22)8-10-32/h3-6,11-12,15,22-23H,7-10,13-14H2,1-2H3,(H,31,33)/t22-,23?/m1/s1. The molecular formula is C26H28ClF3N2O3. The minimum absolute atomic E-state index is 0.00619. The van der Waals surface area contributed by atoms with E-state index >= 15 is 0 Å². The fraction of sp³-hybridized carbons (Fsp3) is 0.500. The summed E-state index contributed by atoms with van der Waals surface area (Å²) in [5.74, 6) is 0.975. The van der Waals surface area contributed by atoms with Crippen LogP contribution in [0, 0.1) is 11.3 Å². The quantitative estimate of drug-likeness (QED) is 0.528. The van der Waals surface area contributed by atoms with Crippen LogP contribution in [-0.4, -0.2) is 43.3 Å². The van der Waals surface area contributed by atoms with E-state index < -0.39 is 23.2 Å². The summed E-state index contributed by atoms with van der Waals surface area (Å²) in [5.41, 5.74) is 0.707. The first-order chi connectivity index (χ1) is 16.5. The van der Waals surface area contributed by atoms with Gasteiger partial charge in [0, 0.05) is 28.1 Å². The Hall–Kier alpha value is -2.45. The number of hydrogen-bond donors (Lipinski definition) is 1. The Morgan fingerprint density at radius 2 is 1.91 bits per heavy atom. The molecule has 0 spiro atoms. The summed E-state index contributed by atoms with van der Waals surface area (Å²) in [6, 6.07) is 8.32. The monoisotopic (exact) mass is 508 g/mol. The fourth-order valence-electron chi connectivity index (χ4n) is 5.37. The first kappa shape index (κ1) is 24.3. The lowest BCUT2D eigenvalue weighted by Gasteiger charge is -2.44. The number of carbonyl (C=O) groups excluding carboxylic acids is 1. The zero-order valence-corrected chi connectivity index (χ0v) is 20.4. The van der Waals surface area contributed by atoms with Crippen molar-refractivity contribution in [1.29, 1.82) is 0 Å². The average Bonchev–Trinajstić information content (AvgIpc) is 2.81. The predicted molar refractivity (Wildman–Crippen MR) is 126 cm³/mol. The summed E-state index contributed by atoms with van der Waals surface area (Å²) in [6.07, 6.45) is -2.89. The molecule has 1 unspecified atom stereocenters. The highest BCUT2D eigenvalue weighted by Gasteiger charge is 2.41. The highest BCUT2D eigenvalue weighted by molar-refractivity contribution is 6.33. The maximum Gasteiger partial charge on any atom is 0.416 e. The van der Waals surface area contributed by atoms with Gasteiger partial charge in [0.25, 0.3) is 0 Å². The molecule has 3 saturated heterocycles. The molecule has 0 aromatic heterocycles. The maximum atomic E-state index is 13.0. The fourth-order valence-corrected chi connectivity index (χ4v) is 5.66. The van der Waals surface area contributed by atoms with Gasteiger partial charge < -0.3 is 14.8 Å². The van der Waals surface area contributed by atoms with E-state index in [1.54, 1.807) is 12.1 Å². The van der Waals surface area contributed by atoms with Gasteiger partial charge in [0.15, 0.2) is 0 Å². The Balaban J connectivity index is 1.36. The van der Waals surface area contributed by atoms with Gasteiger partial charge in [0.2, 0.25) is 0 Å². The molecule has 4 aliphatic heterocycles. The van der Waals surface area contributed by atoms with Gasteiger partial charge in [-0.15, -0.1) is 0 Å². The highest BCUT2D eigenvalue weighted by Crippen LogP contribution is 2.45. The second-order valence-electron chi connectivity index (χ2n) is 10.4. The van der Waals surface area contributed by atoms with Crippen LogP contribution >= 0.6 is 11.6 Å². The third kappa shape index (κ3) is 4.83. The molecule has 4 heterocycles. The van der Waals surface area contributed by atoms with Crippen LogP contribution < -0.4 is 10.1 Å². The van der Waals surface area contributed by atoms with E-state index in [1.165, 1.54) is 6.07 Å². The van der Waals surface area contributed by atoms with E-state index in [-0.39, 0.29) is 17.2 Å². The number of fused-ring (bicyclic) bond motifs is 4. The molecule has 188 valence electrons. The third-order valence-corrected chi connectivity index (χ3v) is 7.74. The second kappa shape index (κ2) is 8.89. The summed E-state index contributed by atoms with van der Waals surface area (Å²) in [5, 5.41) is 3.06. The molecule has 2 atom stereocenters. The number of hydrogen-bond acceptors (Lipinski definition) is 4. The summed E-state index contributed by atoms with van der Waals surface area (Å²) >= 11 is 6.20. The Morgan fingerprint density at radius 3 is 2.54 bits per heavy atom. The number of carbonyl (C=O) groups is 1. The molecule has 5 nitrogen and oxygen atoms in total. The van der Waals surface area contributed by atoms with E-state index in [2.05, 4.69) is 10.2 Å². The second-order valence-corrected chi connectivity index (χ2v) is 10.8. The molecule has 2 aromatic rings. The summed E-state index contributed by atoms with van der Waals surface area (Å²) < 4.78 is 50.9. The van der Waals surface area contributed by atoms with Gasteiger partial charge in [-0.25, -0.2) is 4.79 Å². The van der Waals surface area contributed by atoms with E-state index in [4.69, 9.17) is 21.1 Å². The first-order valence-corrected chi connectivity index (χ1v) is 12.2. The predicted octanol–water partition coefficient (Wildman–Crippen LogP) is 6.31. The number of alkyl halides is 3. The average molecular weight is 509 g/mol. The van der Waals surface area contributed by atoms with Crippen LogP contribution in [0.3, 0.4) is 0 Å².